The van der Waals surface area contributed by atoms with Gasteiger partial charge in [0.1, 0.15) is 11.8 Å². The lowest BCUT2D eigenvalue weighted by atomic mass is 9.97. The number of halogens is 1. The Morgan fingerprint density at radius 2 is 2.06 bits per heavy atom. The summed E-state index contributed by atoms with van der Waals surface area (Å²) < 4.78 is 19.3. The molecule has 4 nitrogen and oxygen atoms in total. The van der Waals surface area contributed by atoms with Crippen LogP contribution in [0, 0.1) is 0 Å². The van der Waals surface area contributed by atoms with Crippen LogP contribution in [-0.4, -0.2) is 40.9 Å². The van der Waals surface area contributed by atoms with Gasteiger partial charge in [0.2, 0.25) is 0 Å². The predicted molar refractivity (Wildman–Crippen MR) is 62.4 cm³/mol. The highest BCUT2D eigenvalue weighted by Gasteiger charge is 2.49. The van der Waals surface area contributed by atoms with Gasteiger partial charge in [-0.15, -0.1) is 0 Å². The molecule has 2 rings (SSSR count). The summed E-state index contributed by atoms with van der Waals surface area (Å²) in [6.07, 6.45) is 0.536. The van der Waals surface area contributed by atoms with Crippen molar-refractivity contribution in [2.75, 3.05) is 0 Å². The zero-order valence-electron chi connectivity index (χ0n) is 10.6. The molecule has 0 aromatic heterocycles. The third-order valence-electron chi connectivity index (χ3n) is 3.47. The first-order valence-corrected chi connectivity index (χ1v) is 6.20. The number of ether oxygens (including phenoxy) is 1. The summed E-state index contributed by atoms with van der Waals surface area (Å²) in [5.41, 5.74) is 5.20. The maximum absolute atomic E-state index is 13.9. The molecule has 4 atom stereocenters. The van der Waals surface area contributed by atoms with E-state index in [0.717, 1.165) is 6.42 Å². The van der Waals surface area contributed by atoms with Gasteiger partial charge in [-0.1, -0.05) is 0 Å². The average Bonchev–Trinajstić information content (AvgIpc) is 2.51. The van der Waals surface area contributed by atoms with E-state index in [0.29, 0.717) is 12.8 Å². The molecule has 2 bridgehead atoms. The first kappa shape index (κ1) is 12.6. The number of alkyl halides is 1. The van der Waals surface area contributed by atoms with Crippen molar-refractivity contribution in [1.82, 2.24) is 4.90 Å². The van der Waals surface area contributed by atoms with Crippen LogP contribution in [0.5, 0.6) is 0 Å². The van der Waals surface area contributed by atoms with E-state index < -0.39 is 29.9 Å². The molecule has 2 saturated heterocycles. The van der Waals surface area contributed by atoms with Crippen LogP contribution in [0.15, 0.2) is 0 Å². The zero-order chi connectivity index (χ0) is 12.8. The van der Waals surface area contributed by atoms with Crippen LogP contribution in [0.25, 0.3) is 0 Å². The number of rotatable bonds is 0. The third kappa shape index (κ3) is 2.39. The van der Waals surface area contributed by atoms with Gasteiger partial charge in [0.15, 0.2) is 0 Å². The Morgan fingerprint density at radius 3 is 2.65 bits per heavy atom. The van der Waals surface area contributed by atoms with E-state index in [1.54, 1.807) is 4.90 Å². The van der Waals surface area contributed by atoms with E-state index in [-0.39, 0.29) is 6.04 Å². The van der Waals surface area contributed by atoms with Crippen molar-refractivity contribution in [2.24, 2.45) is 5.73 Å². The number of carbonyl (C=O) groups is 1. The Bertz CT molecular complexity index is 316. The molecule has 98 valence electrons. The van der Waals surface area contributed by atoms with E-state index in [2.05, 4.69) is 0 Å². The van der Waals surface area contributed by atoms with Gasteiger partial charge in [0.25, 0.3) is 0 Å². The molecule has 2 fully saturated rings. The number of piperidine rings is 1. The number of carbonyl (C=O) groups excluding carboxylic acids is 1. The van der Waals surface area contributed by atoms with Crippen molar-refractivity contribution in [3.8, 4) is 0 Å². The molecular formula is C12H21FN2O2. The van der Waals surface area contributed by atoms with Crippen molar-refractivity contribution in [1.29, 1.82) is 0 Å². The second kappa shape index (κ2) is 4.12. The van der Waals surface area contributed by atoms with Crippen molar-refractivity contribution in [2.45, 2.75) is 69.9 Å². The van der Waals surface area contributed by atoms with Crippen LogP contribution >= 0.6 is 0 Å². The molecule has 0 radical (unpaired) electrons. The maximum Gasteiger partial charge on any atom is 0.410 e. The van der Waals surface area contributed by atoms with Gasteiger partial charge in [-0.3, -0.25) is 4.90 Å². The first-order chi connectivity index (χ1) is 7.79. The summed E-state index contributed by atoms with van der Waals surface area (Å²) in [4.78, 5) is 13.6. The normalized spacial score (nSPS) is 37.1. The SMILES string of the molecule is CC(C)(C)OC(=O)N1[C@@H]2CC[C@H]1[C@@H](F)[C@@H](N)C2. The maximum atomic E-state index is 13.9. The zero-order valence-corrected chi connectivity index (χ0v) is 10.6. The second-order valence-electron chi connectivity index (χ2n) is 6.03. The molecule has 0 aliphatic carbocycles. The van der Waals surface area contributed by atoms with E-state index in [1.807, 2.05) is 20.8 Å². The van der Waals surface area contributed by atoms with Crippen molar-refractivity contribution in [3.63, 3.8) is 0 Å². The second-order valence-corrected chi connectivity index (χ2v) is 6.03. The molecular weight excluding hydrogens is 223 g/mol. The highest BCUT2D eigenvalue weighted by molar-refractivity contribution is 5.70. The Labute approximate surface area is 101 Å². The summed E-state index contributed by atoms with van der Waals surface area (Å²) >= 11 is 0. The highest BCUT2D eigenvalue weighted by atomic mass is 19.1. The molecule has 5 heteroatoms. The number of hydrogen-bond acceptors (Lipinski definition) is 3. The Hall–Kier alpha value is -0.840. The van der Waals surface area contributed by atoms with Crippen molar-refractivity contribution >= 4 is 6.09 Å². The van der Waals surface area contributed by atoms with Crippen LogP contribution < -0.4 is 5.73 Å². The minimum atomic E-state index is -1.12. The number of nitrogens with zero attached hydrogens (tertiary/aromatic N) is 1. The van der Waals surface area contributed by atoms with Gasteiger partial charge in [-0.25, -0.2) is 9.18 Å². The lowest BCUT2D eigenvalue weighted by molar-refractivity contribution is -0.00988. The fourth-order valence-electron chi connectivity index (χ4n) is 2.78. The predicted octanol–water partition coefficient (Wildman–Crippen LogP) is 1.82. The summed E-state index contributed by atoms with van der Waals surface area (Å²) in [6, 6.07) is -0.776. The molecule has 17 heavy (non-hydrogen) atoms. The summed E-state index contributed by atoms with van der Waals surface area (Å²) in [5, 5.41) is 0. The molecule has 0 spiro atoms. The molecule has 1 amide bonds. The largest absolute Gasteiger partial charge is 0.444 e. The standard InChI is InChI=1S/C12H21FN2O2/c1-12(2,3)17-11(16)15-7-4-5-9(15)10(13)8(14)6-7/h7-10H,4-6,14H2,1-3H3/t7-,8+,9+,10+/m1/s1. The monoisotopic (exact) mass is 244 g/mol. The van der Waals surface area contributed by atoms with Crippen LogP contribution in [-0.2, 0) is 4.74 Å². The smallest absolute Gasteiger partial charge is 0.410 e. The molecule has 0 aromatic rings. The molecule has 0 aromatic carbocycles. The Balaban J connectivity index is 2.10. The van der Waals surface area contributed by atoms with Gasteiger partial charge < -0.3 is 10.5 Å². The Morgan fingerprint density at radius 1 is 1.41 bits per heavy atom. The van der Waals surface area contributed by atoms with Gasteiger partial charge in [0, 0.05) is 12.1 Å². The first-order valence-electron chi connectivity index (χ1n) is 6.20. The van der Waals surface area contributed by atoms with Crippen LogP contribution in [0.4, 0.5) is 9.18 Å². The van der Waals surface area contributed by atoms with Gasteiger partial charge in [0.05, 0.1) is 6.04 Å². The fraction of sp³-hybridized carbons (Fsp3) is 0.917. The number of fused-ring (bicyclic) bond motifs is 2. The summed E-state index contributed by atoms with van der Waals surface area (Å²) in [7, 11) is 0. The molecule has 2 N–H and O–H groups in total. The van der Waals surface area contributed by atoms with Crippen LogP contribution in [0.1, 0.15) is 40.0 Å². The molecule has 2 aliphatic rings. The van der Waals surface area contributed by atoms with Crippen molar-refractivity contribution < 1.29 is 13.9 Å². The Kier molecular flexibility index (Phi) is 3.06. The molecule has 0 saturated carbocycles. The molecule has 0 unspecified atom stereocenters. The quantitative estimate of drug-likeness (QED) is 0.707. The molecule has 2 aliphatic heterocycles. The fourth-order valence-corrected chi connectivity index (χ4v) is 2.78. The van der Waals surface area contributed by atoms with Crippen LogP contribution in [0.2, 0.25) is 0 Å². The van der Waals surface area contributed by atoms with E-state index in [4.69, 9.17) is 10.5 Å². The average molecular weight is 244 g/mol. The lowest BCUT2D eigenvalue weighted by Gasteiger charge is -2.40. The summed E-state index contributed by atoms with van der Waals surface area (Å²) in [6.45, 7) is 5.44. The highest BCUT2D eigenvalue weighted by Crippen LogP contribution is 2.37. The van der Waals surface area contributed by atoms with Gasteiger partial charge >= 0.3 is 6.09 Å². The number of hydrogen-bond donors (Lipinski definition) is 1. The minimum Gasteiger partial charge on any atom is -0.444 e. The third-order valence-corrected chi connectivity index (χ3v) is 3.47. The van der Waals surface area contributed by atoms with Crippen molar-refractivity contribution in [3.05, 3.63) is 0 Å². The van der Waals surface area contributed by atoms with E-state index in [1.165, 1.54) is 0 Å². The number of amides is 1. The van der Waals surface area contributed by atoms with E-state index in [9.17, 15) is 9.18 Å². The minimum absolute atomic E-state index is 0.0526. The van der Waals surface area contributed by atoms with E-state index >= 15 is 0 Å². The lowest BCUT2D eigenvalue weighted by Crippen LogP contribution is -2.57. The molecule has 2 heterocycles. The van der Waals surface area contributed by atoms with Gasteiger partial charge in [-0.2, -0.15) is 0 Å². The van der Waals surface area contributed by atoms with Crippen LogP contribution in [0.3, 0.4) is 0 Å². The number of nitrogens with two attached hydrogens (primary N) is 1. The summed E-state index contributed by atoms with van der Waals surface area (Å²) in [5.74, 6) is 0. The van der Waals surface area contributed by atoms with Gasteiger partial charge in [-0.05, 0) is 40.0 Å². The topological polar surface area (TPSA) is 55.6 Å².